The molecule has 0 aromatic rings. The molecular formula is C15H28N2O2S. The van der Waals surface area contributed by atoms with Gasteiger partial charge in [0.25, 0.3) is 0 Å². The second kappa shape index (κ2) is 6.37. The Morgan fingerprint density at radius 2 is 1.80 bits per heavy atom. The lowest BCUT2D eigenvalue weighted by molar-refractivity contribution is -0.154. The van der Waals surface area contributed by atoms with Gasteiger partial charge in [-0.3, -0.25) is 9.59 Å². The Hall–Kier alpha value is -0.710. The van der Waals surface area contributed by atoms with Gasteiger partial charge in [0.15, 0.2) is 0 Å². The third-order valence-corrected chi connectivity index (χ3v) is 6.05. The summed E-state index contributed by atoms with van der Waals surface area (Å²) in [5.41, 5.74) is -0.797. The molecule has 116 valence electrons. The molecule has 0 radical (unpaired) electrons. The van der Waals surface area contributed by atoms with E-state index in [0.717, 1.165) is 12.8 Å². The van der Waals surface area contributed by atoms with Crippen LogP contribution in [0, 0.1) is 0 Å². The van der Waals surface area contributed by atoms with Gasteiger partial charge in [0, 0.05) is 11.3 Å². The molecule has 4 nitrogen and oxygen atoms in total. The van der Waals surface area contributed by atoms with E-state index in [4.69, 9.17) is 0 Å². The Bertz CT molecular complexity index is 370. The van der Waals surface area contributed by atoms with E-state index in [1.807, 2.05) is 11.8 Å². The third-order valence-electron chi connectivity index (χ3n) is 4.48. The summed E-state index contributed by atoms with van der Waals surface area (Å²) in [7, 11) is 0. The zero-order chi connectivity index (χ0) is 15.6. The van der Waals surface area contributed by atoms with Gasteiger partial charge in [-0.25, -0.2) is 0 Å². The van der Waals surface area contributed by atoms with E-state index >= 15 is 0 Å². The summed E-state index contributed by atoms with van der Waals surface area (Å²) >= 11 is 1.80. The van der Waals surface area contributed by atoms with E-state index in [0.29, 0.717) is 13.0 Å². The first-order chi connectivity index (χ1) is 9.26. The van der Waals surface area contributed by atoms with E-state index in [2.05, 4.69) is 25.4 Å². The van der Waals surface area contributed by atoms with Gasteiger partial charge >= 0.3 is 0 Å². The van der Waals surface area contributed by atoms with Crippen LogP contribution in [0.15, 0.2) is 0 Å². The molecule has 0 aromatic carbocycles. The number of carbonyl (C=O) groups is 2. The molecule has 0 aromatic heterocycles. The summed E-state index contributed by atoms with van der Waals surface area (Å²) in [5.74, 6) is 0.00332. The fourth-order valence-electron chi connectivity index (χ4n) is 2.81. The number of hydrogen-bond acceptors (Lipinski definition) is 3. The van der Waals surface area contributed by atoms with Gasteiger partial charge in [0.2, 0.25) is 11.8 Å². The Labute approximate surface area is 127 Å². The highest BCUT2D eigenvalue weighted by Crippen LogP contribution is 2.34. The number of nitrogens with one attached hydrogen (secondary N) is 1. The van der Waals surface area contributed by atoms with Gasteiger partial charge in [0.1, 0.15) is 11.6 Å². The van der Waals surface area contributed by atoms with E-state index < -0.39 is 5.54 Å². The van der Waals surface area contributed by atoms with E-state index in [1.165, 1.54) is 0 Å². The lowest BCUT2D eigenvalue weighted by Crippen LogP contribution is -2.69. The monoisotopic (exact) mass is 300 g/mol. The van der Waals surface area contributed by atoms with Crippen LogP contribution in [0.2, 0.25) is 0 Å². The minimum absolute atomic E-state index is 0.0284. The largest absolute Gasteiger partial charge is 0.340 e. The van der Waals surface area contributed by atoms with Crippen LogP contribution in [0.1, 0.15) is 53.9 Å². The Kier molecular flexibility index (Phi) is 5.53. The summed E-state index contributed by atoms with van der Waals surface area (Å²) < 4.78 is 0.0385. The van der Waals surface area contributed by atoms with Crippen LogP contribution in [0.5, 0.6) is 0 Å². The average molecular weight is 300 g/mol. The normalized spacial score (nSPS) is 22.9. The number of amides is 2. The summed E-state index contributed by atoms with van der Waals surface area (Å²) in [6, 6.07) is -0.333. The third kappa shape index (κ3) is 3.13. The van der Waals surface area contributed by atoms with Crippen LogP contribution < -0.4 is 5.32 Å². The highest BCUT2D eigenvalue weighted by Gasteiger charge is 2.46. The molecule has 1 aliphatic rings. The molecule has 1 heterocycles. The van der Waals surface area contributed by atoms with Crippen molar-refractivity contribution in [3.63, 3.8) is 0 Å². The first-order valence-corrected chi connectivity index (χ1v) is 8.67. The van der Waals surface area contributed by atoms with Crippen molar-refractivity contribution >= 4 is 23.6 Å². The van der Waals surface area contributed by atoms with Crippen molar-refractivity contribution in [2.24, 2.45) is 0 Å². The molecule has 1 atom stereocenters. The molecule has 2 amide bonds. The van der Waals surface area contributed by atoms with Crippen molar-refractivity contribution in [1.29, 1.82) is 0 Å². The van der Waals surface area contributed by atoms with Gasteiger partial charge in [-0.2, -0.15) is 11.8 Å². The quantitative estimate of drug-likeness (QED) is 0.819. The second-order valence-corrected chi connectivity index (χ2v) is 7.34. The topological polar surface area (TPSA) is 49.4 Å². The summed E-state index contributed by atoms with van der Waals surface area (Å²) in [6.07, 6.45) is 4.74. The van der Waals surface area contributed by atoms with Crippen molar-refractivity contribution < 1.29 is 9.59 Å². The molecule has 0 bridgehead atoms. The zero-order valence-electron chi connectivity index (χ0n) is 13.6. The van der Waals surface area contributed by atoms with Gasteiger partial charge in [-0.05, 0) is 39.4 Å². The molecular weight excluding hydrogens is 272 g/mol. The van der Waals surface area contributed by atoms with Crippen molar-refractivity contribution in [3.05, 3.63) is 0 Å². The van der Waals surface area contributed by atoms with Gasteiger partial charge in [-0.1, -0.05) is 20.8 Å². The zero-order valence-corrected chi connectivity index (χ0v) is 14.4. The fraction of sp³-hybridized carbons (Fsp3) is 0.867. The number of nitrogens with zero attached hydrogens (tertiary/aromatic N) is 1. The van der Waals surface area contributed by atoms with Crippen LogP contribution in [-0.2, 0) is 9.59 Å². The number of hydrogen-bond donors (Lipinski definition) is 1. The molecule has 1 unspecified atom stereocenters. The molecule has 5 heteroatoms. The molecule has 1 saturated heterocycles. The molecule has 1 rings (SSSR count). The molecule has 20 heavy (non-hydrogen) atoms. The highest BCUT2D eigenvalue weighted by molar-refractivity contribution is 8.00. The molecule has 0 spiro atoms. The standard InChI is InChI=1S/C15H28N2O2S/c1-7-11-12(18)16-14(4,5)13(19)17(11)10-15(8-2,9-3)20-6/h11H,7-10H2,1-6H3,(H,16,18). The minimum atomic E-state index is -0.797. The van der Waals surface area contributed by atoms with E-state index in [9.17, 15) is 9.59 Å². The molecule has 1 aliphatic heterocycles. The SMILES string of the molecule is CCC1C(=O)NC(C)(C)C(=O)N1CC(CC)(CC)SC. The summed E-state index contributed by atoms with van der Waals surface area (Å²) in [6.45, 7) is 10.5. The molecule has 1 N–H and O–H groups in total. The molecule has 1 fully saturated rings. The Morgan fingerprint density at radius 1 is 1.25 bits per heavy atom. The minimum Gasteiger partial charge on any atom is -0.340 e. The lowest BCUT2D eigenvalue weighted by atomic mass is 9.92. The molecule has 0 aliphatic carbocycles. The van der Waals surface area contributed by atoms with Gasteiger partial charge in [-0.15, -0.1) is 0 Å². The predicted molar refractivity (Wildman–Crippen MR) is 84.8 cm³/mol. The average Bonchev–Trinajstić information content (AvgIpc) is 2.41. The lowest BCUT2D eigenvalue weighted by Gasteiger charge is -2.46. The van der Waals surface area contributed by atoms with Crippen LogP contribution in [0.4, 0.5) is 0 Å². The van der Waals surface area contributed by atoms with Crippen LogP contribution in [0.3, 0.4) is 0 Å². The molecule has 0 saturated carbocycles. The maximum Gasteiger partial charge on any atom is 0.248 e. The number of piperazine rings is 1. The van der Waals surface area contributed by atoms with Crippen molar-refractivity contribution in [2.75, 3.05) is 12.8 Å². The Morgan fingerprint density at radius 3 is 2.20 bits per heavy atom. The smallest absolute Gasteiger partial charge is 0.248 e. The predicted octanol–water partition coefficient (Wildman–Crippen LogP) is 2.42. The van der Waals surface area contributed by atoms with Crippen molar-refractivity contribution in [2.45, 2.75) is 70.2 Å². The fourth-order valence-corrected chi connectivity index (χ4v) is 3.66. The number of rotatable bonds is 6. The van der Waals surface area contributed by atoms with Crippen LogP contribution in [-0.4, -0.2) is 45.8 Å². The van der Waals surface area contributed by atoms with Gasteiger partial charge < -0.3 is 10.2 Å². The summed E-state index contributed by atoms with van der Waals surface area (Å²) in [4.78, 5) is 26.7. The first kappa shape index (κ1) is 17.3. The van der Waals surface area contributed by atoms with Crippen molar-refractivity contribution in [3.8, 4) is 0 Å². The van der Waals surface area contributed by atoms with Crippen molar-refractivity contribution in [1.82, 2.24) is 10.2 Å². The Balaban J connectivity index is 3.09. The van der Waals surface area contributed by atoms with E-state index in [-0.39, 0.29) is 22.6 Å². The van der Waals surface area contributed by atoms with Gasteiger partial charge in [0.05, 0.1) is 0 Å². The van der Waals surface area contributed by atoms with Crippen LogP contribution >= 0.6 is 11.8 Å². The second-order valence-electron chi connectivity index (χ2n) is 6.07. The number of carbonyl (C=O) groups excluding carboxylic acids is 2. The maximum atomic E-state index is 12.7. The van der Waals surface area contributed by atoms with E-state index in [1.54, 1.807) is 25.6 Å². The number of thioether (sulfide) groups is 1. The highest BCUT2D eigenvalue weighted by atomic mass is 32.2. The van der Waals surface area contributed by atoms with Crippen LogP contribution in [0.25, 0.3) is 0 Å². The maximum absolute atomic E-state index is 12.7. The first-order valence-electron chi connectivity index (χ1n) is 7.45. The summed E-state index contributed by atoms with van der Waals surface area (Å²) in [5, 5.41) is 2.84.